The number of amides is 1. The standard InChI is InChI=1S/C13H27N3O/c1-12(2,3)15-11(17)9-14-10-13(16(4)5)7-6-8-13/h14H,6-10H2,1-5H3,(H,15,17). The number of hydrogen-bond donors (Lipinski definition) is 2. The highest BCUT2D eigenvalue weighted by molar-refractivity contribution is 5.78. The van der Waals surface area contributed by atoms with Gasteiger partial charge in [0.1, 0.15) is 0 Å². The van der Waals surface area contributed by atoms with Crippen molar-refractivity contribution in [1.82, 2.24) is 15.5 Å². The van der Waals surface area contributed by atoms with Crippen LogP contribution >= 0.6 is 0 Å². The number of carbonyl (C=O) groups excluding carboxylic acids is 1. The van der Waals surface area contributed by atoms with Gasteiger partial charge in [0.15, 0.2) is 0 Å². The summed E-state index contributed by atoms with van der Waals surface area (Å²) in [6.45, 7) is 7.30. The molecular weight excluding hydrogens is 214 g/mol. The molecule has 0 bridgehead atoms. The molecule has 4 nitrogen and oxygen atoms in total. The average molecular weight is 241 g/mol. The molecule has 100 valence electrons. The molecule has 0 spiro atoms. The Labute approximate surface area is 105 Å². The fourth-order valence-electron chi connectivity index (χ4n) is 2.24. The predicted octanol–water partition coefficient (Wildman–Crippen LogP) is 0.975. The van der Waals surface area contributed by atoms with Crippen molar-refractivity contribution in [3.05, 3.63) is 0 Å². The summed E-state index contributed by atoms with van der Waals surface area (Å²) in [5.41, 5.74) is 0.135. The third-order valence-corrected chi connectivity index (χ3v) is 3.49. The number of rotatable bonds is 5. The molecule has 0 atom stereocenters. The van der Waals surface area contributed by atoms with Gasteiger partial charge < -0.3 is 15.5 Å². The van der Waals surface area contributed by atoms with E-state index in [0.717, 1.165) is 6.54 Å². The summed E-state index contributed by atoms with van der Waals surface area (Å²) < 4.78 is 0. The van der Waals surface area contributed by atoms with E-state index in [2.05, 4.69) is 29.6 Å². The largest absolute Gasteiger partial charge is 0.350 e. The third-order valence-electron chi connectivity index (χ3n) is 3.49. The van der Waals surface area contributed by atoms with Crippen LogP contribution in [0.1, 0.15) is 40.0 Å². The van der Waals surface area contributed by atoms with Gasteiger partial charge in [0, 0.05) is 17.6 Å². The molecule has 1 aliphatic carbocycles. The van der Waals surface area contributed by atoms with Crippen molar-refractivity contribution in [3.8, 4) is 0 Å². The lowest BCUT2D eigenvalue weighted by Crippen LogP contribution is -2.57. The smallest absolute Gasteiger partial charge is 0.234 e. The molecule has 1 saturated carbocycles. The van der Waals surface area contributed by atoms with Gasteiger partial charge in [0.05, 0.1) is 6.54 Å². The average Bonchev–Trinajstić information content (AvgIpc) is 2.05. The van der Waals surface area contributed by atoms with E-state index in [9.17, 15) is 4.79 Å². The molecule has 1 amide bonds. The Bertz CT molecular complexity index is 264. The van der Waals surface area contributed by atoms with E-state index in [0.29, 0.717) is 6.54 Å². The second-order valence-corrected chi connectivity index (χ2v) is 6.37. The van der Waals surface area contributed by atoms with Gasteiger partial charge in [0.25, 0.3) is 0 Å². The molecule has 0 aromatic carbocycles. The van der Waals surface area contributed by atoms with Gasteiger partial charge in [-0.1, -0.05) is 0 Å². The second-order valence-electron chi connectivity index (χ2n) is 6.37. The van der Waals surface area contributed by atoms with E-state index in [1.807, 2.05) is 20.8 Å². The molecule has 0 unspecified atom stereocenters. The van der Waals surface area contributed by atoms with Gasteiger partial charge in [-0.3, -0.25) is 4.79 Å². The summed E-state index contributed by atoms with van der Waals surface area (Å²) in [6.07, 6.45) is 3.76. The van der Waals surface area contributed by atoms with Crippen molar-refractivity contribution in [2.24, 2.45) is 0 Å². The Morgan fingerprint density at radius 2 is 1.88 bits per heavy atom. The minimum Gasteiger partial charge on any atom is -0.350 e. The molecule has 1 fully saturated rings. The number of nitrogens with one attached hydrogen (secondary N) is 2. The molecular formula is C13H27N3O. The summed E-state index contributed by atoms with van der Waals surface area (Å²) in [5, 5.41) is 6.23. The summed E-state index contributed by atoms with van der Waals surface area (Å²) in [5.74, 6) is 0.0747. The van der Waals surface area contributed by atoms with Crippen molar-refractivity contribution in [2.75, 3.05) is 27.2 Å². The van der Waals surface area contributed by atoms with E-state index >= 15 is 0 Å². The van der Waals surface area contributed by atoms with Crippen LogP contribution in [0.15, 0.2) is 0 Å². The fraction of sp³-hybridized carbons (Fsp3) is 0.923. The molecule has 17 heavy (non-hydrogen) atoms. The Morgan fingerprint density at radius 1 is 1.29 bits per heavy atom. The van der Waals surface area contributed by atoms with Crippen LogP contribution in [0.3, 0.4) is 0 Å². The molecule has 4 heteroatoms. The lowest BCUT2D eigenvalue weighted by atomic mass is 9.75. The molecule has 0 aromatic heterocycles. The maximum absolute atomic E-state index is 11.6. The summed E-state index contributed by atoms with van der Waals surface area (Å²) in [7, 11) is 4.24. The second kappa shape index (κ2) is 5.36. The maximum atomic E-state index is 11.6. The Morgan fingerprint density at radius 3 is 2.24 bits per heavy atom. The highest BCUT2D eigenvalue weighted by Crippen LogP contribution is 2.35. The van der Waals surface area contributed by atoms with Crippen molar-refractivity contribution >= 4 is 5.91 Å². The summed E-state index contributed by atoms with van der Waals surface area (Å²) in [4.78, 5) is 13.9. The van der Waals surface area contributed by atoms with E-state index < -0.39 is 0 Å². The van der Waals surface area contributed by atoms with Crippen molar-refractivity contribution < 1.29 is 4.79 Å². The first-order valence-electron chi connectivity index (χ1n) is 6.44. The molecule has 0 radical (unpaired) electrons. The Hall–Kier alpha value is -0.610. The molecule has 1 rings (SSSR count). The molecule has 0 saturated heterocycles. The zero-order chi connectivity index (χ0) is 13.1. The molecule has 0 aromatic rings. The van der Waals surface area contributed by atoms with Gasteiger partial charge in [0.2, 0.25) is 5.91 Å². The highest BCUT2D eigenvalue weighted by Gasteiger charge is 2.38. The first-order chi connectivity index (χ1) is 7.75. The SMILES string of the molecule is CN(C)C1(CNCC(=O)NC(C)(C)C)CCC1. The number of likely N-dealkylation sites (N-methyl/N-ethyl adjacent to an activating group) is 1. The first-order valence-corrected chi connectivity index (χ1v) is 6.44. The van der Waals surface area contributed by atoms with Crippen LogP contribution in [0.2, 0.25) is 0 Å². The zero-order valence-corrected chi connectivity index (χ0v) is 11.9. The lowest BCUT2D eigenvalue weighted by Gasteiger charge is -2.47. The summed E-state index contributed by atoms with van der Waals surface area (Å²) in [6, 6.07) is 0. The third kappa shape index (κ3) is 4.28. The quantitative estimate of drug-likeness (QED) is 0.754. The van der Waals surface area contributed by atoms with Gasteiger partial charge >= 0.3 is 0 Å². The molecule has 0 aliphatic heterocycles. The van der Waals surface area contributed by atoms with Gasteiger partial charge in [-0.05, 0) is 54.1 Å². The highest BCUT2D eigenvalue weighted by atomic mass is 16.2. The normalized spacial score (nSPS) is 18.9. The van der Waals surface area contributed by atoms with E-state index in [4.69, 9.17) is 0 Å². The Kier molecular flexibility index (Phi) is 4.55. The molecule has 1 aliphatic rings. The molecule has 0 heterocycles. The fourth-order valence-corrected chi connectivity index (χ4v) is 2.24. The van der Waals surface area contributed by atoms with Crippen molar-refractivity contribution in [2.45, 2.75) is 51.1 Å². The van der Waals surface area contributed by atoms with Crippen molar-refractivity contribution in [3.63, 3.8) is 0 Å². The van der Waals surface area contributed by atoms with Crippen LogP contribution in [0, 0.1) is 0 Å². The van der Waals surface area contributed by atoms with Gasteiger partial charge in [-0.2, -0.15) is 0 Å². The minimum atomic E-state index is -0.144. The monoisotopic (exact) mass is 241 g/mol. The number of nitrogens with zero attached hydrogens (tertiary/aromatic N) is 1. The van der Waals surface area contributed by atoms with Crippen LogP contribution in [0.25, 0.3) is 0 Å². The maximum Gasteiger partial charge on any atom is 0.234 e. The zero-order valence-electron chi connectivity index (χ0n) is 11.9. The topological polar surface area (TPSA) is 44.4 Å². The number of carbonyl (C=O) groups is 1. The van der Waals surface area contributed by atoms with E-state index in [1.165, 1.54) is 19.3 Å². The first kappa shape index (κ1) is 14.5. The Balaban J connectivity index is 2.26. The van der Waals surface area contributed by atoms with E-state index in [-0.39, 0.29) is 17.0 Å². The van der Waals surface area contributed by atoms with Gasteiger partial charge in [-0.25, -0.2) is 0 Å². The predicted molar refractivity (Wildman–Crippen MR) is 71.0 cm³/mol. The van der Waals surface area contributed by atoms with Crippen LogP contribution in [0.5, 0.6) is 0 Å². The van der Waals surface area contributed by atoms with Crippen LogP contribution < -0.4 is 10.6 Å². The molecule has 2 N–H and O–H groups in total. The van der Waals surface area contributed by atoms with Crippen LogP contribution in [-0.4, -0.2) is 49.1 Å². The van der Waals surface area contributed by atoms with Crippen LogP contribution in [0.4, 0.5) is 0 Å². The van der Waals surface area contributed by atoms with Crippen molar-refractivity contribution in [1.29, 1.82) is 0 Å². The van der Waals surface area contributed by atoms with E-state index in [1.54, 1.807) is 0 Å². The summed E-state index contributed by atoms with van der Waals surface area (Å²) >= 11 is 0. The lowest BCUT2D eigenvalue weighted by molar-refractivity contribution is -0.121. The number of hydrogen-bond acceptors (Lipinski definition) is 3. The minimum absolute atomic E-state index is 0.0747. The van der Waals surface area contributed by atoms with Gasteiger partial charge in [-0.15, -0.1) is 0 Å². The van der Waals surface area contributed by atoms with Crippen LogP contribution in [-0.2, 0) is 4.79 Å².